The van der Waals surface area contributed by atoms with E-state index in [-0.39, 0.29) is 12.5 Å². The van der Waals surface area contributed by atoms with Crippen molar-refractivity contribution in [3.05, 3.63) is 0 Å². The molecule has 0 aromatic heterocycles. The van der Waals surface area contributed by atoms with Crippen LogP contribution in [0.15, 0.2) is 0 Å². The van der Waals surface area contributed by atoms with E-state index in [0.29, 0.717) is 17.9 Å². The minimum absolute atomic E-state index is 0.159. The number of carbonyl (C=O) groups excluding carboxylic acids is 1. The Morgan fingerprint density at radius 2 is 1.84 bits per heavy atom. The highest BCUT2D eigenvalue weighted by Crippen LogP contribution is 2.40. The number of carbonyl (C=O) groups is 1. The van der Waals surface area contributed by atoms with Gasteiger partial charge in [-0.25, -0.2) is 0 Å². The predicted octanol–water partition coefficient (Wildman–Crippen LogP) is 3.26. The van der Waals surface area contributed by atoms with Gasteiger partial charge in [0.1, 0.15) is 0 Å². The molecule has 0 spiro atoms. The van der Waals surface area contributed by atoms with Gasteiger partial charge in [-0.3, -0.25) is 4.79 Å². The third kappa shape index (κ3) is 5.52. The van der Waals surface area contributed by atoms with Crippen LogP contribution >= 0.6 is 0 Å². The lowest BCUT2D eigenvalue weighted by Crippen LogP contribution is -2.39. The summed E-state index contributed by atoms with van der Waals surface area (Å²) in [6, 6.07) is 0.380. The fraction of sp³-hybridized carbons (Fsp3) is 0.938. The van der Waals surface area contributed by atoms with Gasteiger partial charge in [-0.2, -0.15) is 0 Å². The standard InChI is InChI=1S/C16H31NO2/c1-4-16(2,3)13-8-10-14(11-9-13)17-15(19)7-5-6-12-18/h13-14,18H,4-12H2,1-3H3,(H,17,19). The normalized spacial score (nSPS) is 24.2. The van der Waals surface area contributed by atoms with Crippen molar-refractivity contribution in [2.45, 2.75) is 78.2 Å². The second-order valence-electron chi connectivity index (χ2n) is 6.64. The third-order valence-electron chi connectivity index (χ3n) is 4.92. The van der Waals surface area contributed by atoms with Crippen molar-refractivity contribution in [1.82, 2.24) is 5.32 Å². The first-order valence-corrected chi connectivity index (χ1v) is 7.89. The van der Waals surface area contributed by atoms with Gasteiger partial charge in [0, 0.05) is 19.1 Å². The minimum Gasteiger partial charge on any atom is -0.396 e. The van der Waals surface area contributed by atoms with E-state index in [2.05, 4.69) is 26.1 Å². The van der Waals surface area contributed by atoms with Gasteiger partial charge < -0.3 is 10.4 Å². The summed E-state index contributed by atoms with van der Waals surface area (Å²) in [5.41, 5.74) is 0.441. The monoisotopic (exact) mass is 269 g/mol. The highest BCUT2D eigenvalue weighted by Gasteiger charge is 2.31. The Kier molecular flexibility index (Phi) is 6.84. The zero-order chi connectivity index (χ0) is 14.3. The molecule has 1 saturated carbocycles. The molecular weight excluding hydrogens is 238 g/mol. The quantitative estimate of drug-likeness (QED) is 0.697. The largest absolute Gasteiger partial charge is 0.396 e. The summed E-state index contributed by atoms with van der Waals surface area (Å²) in [5.74, 6) is 0.965. The Hall–Kier alpha value is -0.570. The number of amides is 1. The lowest BCUT2D eigenvalue weighted by atomic mass is 9.69. The van der Waals surface area contributed by atoms with Gasteiger partial charge in [-0.05, 0) is 49.9 Å². The van der Waals surface area contributed by atoms with Crippen molar-refractivity contribution in [3.63, 3.8) is 0 Å². The molecule has 3 nitrogen and oxygen atoms in total. The second-order valence-corrected chi connectivity index (χ2v) is 6.64. The van der Waals surface area contributed by atoms with Crippen LogP contribution in [0.3, 0.4) is 0 Å². The zero-order valence-electron chi connectivity index (χ0n) is 12.9. The molecule has 19 heavy (non-hydrogen) atoms. The lowest BCUT2D eigenvalue weighted by molar-refractivity contribution is -0.122. The molecule has 1 aliphatic carbocycles. The molecule has 1 rings (SSSR count). The SMILES string of the molecule is CCC(C)(C)C1CCC(NC(=O)CCCCO)CC1. The fourth-order valence-electron chi connectivity index (χ4n) is 3.01. The number of unbranched alkanes of at least 4 members (excludes halogenated alkanes) is 1. The van der Waals surface area contributed by atoms with Crippen molar-refractivity contribution in [2.75, 3.05) is 6.61 Å². The molecule has 0 aromatic carbocycles. The summed E-state index contributed by atoms with van der Waals surface area (Å²) in [4.78, 5) is 11.7. The molecule has 0 aliphatic heterocycles. The Labute approximate surface area is 118 Å². The smallest absolute Gasteiger partial charge is 0.220 e. The van der Waals surface area contributed by atoms with Gasteiger partial charge >= 0.3 is 0 Å². The highest BCUT2D eigenvalue weighted by atomic mass is 16.2. The van der Waals surface area contributed by atoms with E-state index in [1.54, 1.807) is 0 Å². The number of aliphatic hydroxyl groups excluding tert-OH is 1. The first kappa shape index (κ1) is 16.5. The van der Waals surface area contributed by atoms with Gasteiger partial charge in [-0.1, -0.05) is 27.2 Å². The minimum atomic E-state index is 0.159. The highest BCUT2D eigenvalue weighted by molar-refractivity contribution is 5.76. The fourth-order valence-corrected chi connectivity index (χ4v) is 3.01. The average Bonchev–Trinajstić information content (AvgIpc) is 2.39. The van der Waals surface area contributed by atoms with Crippen molar-refractivity contribution < 1.29 is 9.90 Å². The van der Waals surface area contributed by atoms with Crippen LogP contribution in [0.4, 0.5) is 0 Å². The van der Waals surface area contributed by atoms with Crippen LogP contribution in [-0.4, -0.2) is 23.7 Å². The Morgan fingerprint density at radius 3 is 2.37 bits per heavy atom. The van der Waals surface area contributed by atoms with E-state index in [9.17, 15) is 4.79 Å². The maximum atomic E-state index is 11.7. The molecule has 0 heterocycles. The molecule has 0 aromatic rings. The first-order chi connectivity index (χ1) is 8.99. The van der Waals surface area contributed by atoms with Crippen molar-refractivity contribution in [2.24, 2.45) is 11.3 Å². The lowest BCUT2D eigenvalue weighted by Gasteiger charge is -2.39. The number of rotatable bonds is 7. The maximum Gasteiger partial charge on any atom is 0.220 e. The van der Waals surface area contributed by atoms with Crippen LogP contribution in [0.25, 0.3) is 0 Å². The third-order valence-corrected chi connectivity index (χ3v) is 4.92. The summed E-state index contributed by atoms with van der Waals surface area (Å²) in [5, 5.41) is 11.8. The molecular formula is C16H31NO2. The first-order valence-electron chi connectivity index (χ1n) is 7.89. The molecule has 112 valence electrons. The van der Waals surface area contributed by atoms with Crippen LogP contribution in [0.5, 0.6) is 0 Å². The Balaban J connectivity index is 2.25. The van der Waals surface area contributed by atoms with Crippen LogP contribution in [0, 0.1) is 11.3 Å². The average molecular weight is 269 g/mol. The molecule has 1 aliphatic rings. The molecule has 2 N–H and O–H groups in total. The second kappa shape index (κ2) is 7.88. The van der Waals surface area contributed by atoms with E-state index < -0.39 is 0 Å². The number of hydrogen-bond donors (Lipinski definition) is 2. The summed E-state index contributed by atoms with van der Waals surface area (Å²) in [6.07, 6.45) is 8.03. The summed E-state index contributed by atoms with van der Waals surface area (Å²) in [7, 11) is 0. The van der Waals surface area contributed by atoms with Crippen molar-refractivity contribution in [1.29, 1.82) is 0 Å². The van der Waals surface area contributed by atoms with E-state index in [0.717, 1.165) is 31.6 Å². The maximum absolute atomic E-state index is 11.7. The summed E-state index contributed by atoms with van der Waals surface area (Å²) >= 11 is 0. The molecule has 0 atom stereocenters. The molecule has 1 amide bonds. The molecule has 0 radical (unpaired) electrons. The van der Waals surface area contributed by atoms with Crippen LogP contribution in [0.1, 0.15) is 72.1 Å². The van der Waals surface area contributed by atoms with Crippen molar-refractivity contribution >= 4 is 5.91 Å². The molecule has 3 heteroatoms. The van der Waals surface area contributed by atoms with Crippen molar-refractivity contribution in [3.8, 4) is 0 Å². The van der Waals surface area contributed by atoms with Crippen LogP contribution < -0.4 is 5.32 Å². The molecule has 0 bridgehead atoms. The number of hydrogen-bond acceptors (Lipinski definition) is 2. The number of aliphatic hydroxyl groups is 1. The topological polar surface area (TPSA) is 49.3 Å². The van der Waals surface area contributed by atoms with Crippen LogP contribution in [-0.2, 0) is 4.79 Å². The molecule has 0 saturated heterocycles. The summed E-state index contributed by atoms with van der Waals surface area (Å²) in [6.45, 7) is 7.19. The van der Waals surface area contributed by atoms with E-state index in [1.807, 2.05) is 0 Å². The van der Waals surface area contributed by atoms with E-state index >= 15 is 0 Å². The zero-order valence-corrected chi connectivity index (χ0v) is 12.9. The van der Waals surface area contributed by atoms with E-state index in [4.69, 9.17) is 5.11 Å². The van der Waals surface area contributed by atoms with Gasteiger partial charge in [0.15, 0.2) is 0 Å². The predicted molar refractivity (Wildman–Crippen MR) is 78.9 cm³/mol. The Morgan fingerprint density at radius 1 is 1.21 bits per heavy atom. The Bertz CT molecular complexity index is 268. The molecule has 0 unspecified atom stereocenters. The summed E-state index contributed by atoms with van der Waals surface area (Å²) < 4.78 is 0. The van der Waals surface area contributed by atoms with Gasteiger partial charge in [0.2, 0.25) is 5.91 Å². The van der Waals surface area contributed by atoms with E-state index in [1.165, 1.54) is 19.3 Å². The van der Waals surface area contributed by atoms with Gasteiger partial charge in [0.05, 0.1) is 0 Å². The number of nitrogens with one attached hydrogen (secondary N) is 1. The van der Waals surface area contributed by atoms with Gasteiger partial charge in [-0.15, -0.1) is 0 Å². The van der Waals surface area contributed by atoms with Gasteiger partial charge in [0.25, 0.3) is 0 Å². The molecule has 1 fully saturated rings. The van der Waals surface area contributed by atoms with Crippen LogP contribution in [0.2, 0.25) is 0 Å².